The zero-order valence-corrected chi connectivity index (χ0v) is 8.26. The molecule has 0 spiro atoms. The normalized spacial score (nSPS) is 28.8. The molecule has 0 atom stereocenters. The third-order valence-electron chi connectivity index (χ3n) is 3.20. The van der Waals surface area contributed by atoms with Gasteiger partial charge in [0.15, 0.2) is 1.41 Å². The molecule has 0 saturated heterocycles. The Morgan fingerprint density at radius 1 is 1.50 bits per heavy atom. The quantitative estimate of drug-likeness (QED) is 0.771. The van der Waals surface area contributed by atoms with Crippen LogP contribution in [0.4, 0.5) is 0 Å². The molecule has 1 fully saturated rings. The number of nitrogens with one attached hydrogen (secondary N) is 1. The average Bonchev–Trinajstić information content (AvgIpc) is 2.67. The highest BCUT2D eigenvalue weighted by Gasteiger charge is 2.23. The molecule has 0 amide bonds. The Bertz CT molecular complexity index is 307. The van der Waals surface area contributed by atoms with Crippen LogP contribution in [0.3, 0.4) is 0 Å². The summed E-state index contributed by atoms with van der Waals surface area (Å²) in [5.74, 6) is 1.15. The molecule has 1 aromatic rings. The maximum atomic E-state index is 8.85. The van der Waals surface area contributed by atoms with E-state index in [0.717, 1.165) is 42.9 Å². The predicted octanol–water partition coefficient (Wildman–Crippen LogP) is 1.46. The molecule has 14 heavy (non-hydrogen) atoms. The molecule has 1 saturated carbocycles. The lowest BCUT2D eigenvalue weighted by Crippen LogP contribution is -2.14. The Labute approximate surface area is 85.2 Å². The number of H-pyrrole nitrogens is 1. The second kappa shape index (κ2) is 4.55. The standard InChI is InChI=1S/C10H17N3O/c14-6-5-8-1-3-9(4-2-8)10-7-11-13-12-10/h7-9,14H,1-6H2,(H,11,12,13)/i/hT. The maximum Gasteiger partial charge on any atom is 0.191 e. The largest absolute Gasteiger partial charge is 0.396 e. The summed E-state index contributed by atoms with van der Waals surface area (Å²) in [7, 11) is 0. The van der Waals surface area contributed by atoms with Crippen LogP contribution in [0.1, 0.15) is 43.7 Å². The van der Waals surface area contributed by atoms with E-state index in [1.165, 1.54) is 0 Å². The van der Waals surface area contributed by atoms with E-state index in [1.54, 1.807) is 6.20 Å². The smallest absolute Gasteiger partial charge is 0.191 e. The van der Waals surface area contributed by atoms with E-state index in [-0.39, 0.29) is 0 Å². The summed E-state index contributed by atoms with van der Waals surface area (Å²) >= 11 is 0. The van der Waals surface area contributed by atoms with Crippen molar-refractivity contribution in [1.29, 1.82) is 0 Å². The van der Waals surface area contributed by atoms with Gasteiger partial charge < -0.3 is 5.11 Å². The van der Waals surface area contributed by atoms with Crippen LogP contribution in [0.5, 0.6) is 0 Å². The molecule has 1 aliphatic rings. The van der Waals surface area contributed by atoms with Gasteiger partial charge in [0.2, 0.25) is 0 Å². The number of aromatic nitrogens is 3. The Hall–Kier alpha value is -0.900. The average molecular weight is 197 g/mol. The Kier molecular flexibility index (Phi) is 2.73. The van der Waals surface area contributed by atoms with Crippen LogP contribution in [0.2, 0.25) is 1.41 Å². The summed E-state index contributed by atoms with van der Waals surface area (Å²) in [5.41, 5.74) is 0.951. The molecule has 1 heterocycles. The van der Waals surface area contributed by atoms with Gasteiger partial charge in [-0.15, -0.1) is 5.10 Å². The molecule has 0 aromatic carbocycles. The van der Waals surface area contributed by atoms with Crippen LogP contribution < -0.4 is 0 Å². The maximum absolute atomic E-state index is 8.85. The number of aliphatic hydroxyl groups is 1. The number of aliphatic hydroxyl groups excluding tert-OH is 1. The van der Waals surface area contributed by atoms with Crippen LogP contribution in [0.25, 0.3) is 0 Å². The molecular formula is C10H17N3O. The van der Waals surface area contributed by atoms with E-state index < -0.39 is 0 Å². The first kappa shape index (κ1) is 8.41. The first-order chi connectivity index (χ1) is 7.29. The Morgan fingerprint density at radius 2 is 2.29 bits per heavy atom. The first-order valence-electron chi connectivity index (χ1n) is 5.76. The van der Waals surface area contributed by atoms with Gasteiger partial charge in [-0.05, 0) is 38.0 Å². The lowest BCUT2D eigenvalue weighted by atomic mass is 9.79. The summed E-state index contributed by atoms with van der Waals surface area (Å²) in [6, 6.07) is 0. The van der Waals surface area contributed by atoms with Crippen molar-refractivity contribution in [2.45, 2.75) is 38.0 Å². The highest BCUT2D eigenvalue weighted by Crippen LogP contribution is 2.35. The van der Waals surface area contributed by atoms with E-state index in [1.807, 2.05) is 0 Å². The molecular weight excluding hydrogens is 178 g/mol. The highest BCUT2D eigenvalue weighted by atomic mass is 16.3. The van der Waals surface area contributed by atoms with Gasteiger partial charge in [-0.1, -0.05) is 5.21 Å². The van der Waals surface area contributed by atoms with Gasteiger partial charge in [-0.3, -0.25) is 5.09 Å². The number of hydrogen-bond donors (Lipinski definition) is 2. The van der Waals surface area contributed by atoms with E-state index >= 15 is 0 Å². The van der Waals surface area contributed by atoms with Crippen LogP contribution in [0, 0.1) is 5.92 Å². The van der Waals surface area contributed by atoms with Crippen molar-refractivity contribution in [2.24, 2.45) is 5.92 Å². The summed E-state index contributed by atoms with van der Waals surface area (Å²) in [6.07, 6.45) is 7.17. The predicted molar refractivity (Wildman–Crippen MR) is 52.8 cm³/mol. The Morgan fingerprint density at radius 3 is 2.86 bits per heavy atom. The van der Waals surface area contributed by atoms with Gasteiger partial charge in [-0.25, -0.2) is 0 Å². The molecule has 0 unspecified atom stereocenters. The SMILES string of the molecule is [3H]n1cc(C2CCC(CCO)CC2)nn1. The molecule has 4 nitrogen and oxygen atoms in total. The van der Waals surface area contributed by atoms with Crippen molar-refractivity contribution in [2.75, 3.05) is 6.61 Å². The molecule has 1 aromatic heterocycles. The molecule has 78 valence electrons. The van der Waals surface area contributed by atoms with Gasteiger partial charge in [0.25, 0.3) is 0 Å². The Balaban J connectivity index is 1.88. The van der Waals surface area contributed by atoms with E-state index in [0.29, 0.717) is 18.4 Å². The zero-order valence-electron chi connectivity index (χ0n) is 9.26. The van der Waals surface area contributed by atoms with Crippen molar-refractivity contribution >= 4 is 0 Å². The molecule has 0 bridgehead atoms. The first-order valence-corrected chi connectivity index (χ1v) is 5.32. The lowest BCUT2D eigenvalue weighted by molar-refractivity contribution is 0.221. The van der Waals surface area contributed by atoms with Gasteiger partial charge in [0.05, 0.1) is 5.69 Å². The minimum Gasteiger partial charge on any atom is -0.396 e. The van der Waals surface area contributed by atoms with Crippen molar-refractivity contribution in [1.82, 2.24) is 15.4 Å². The van der Waals surface area contributed by atoms with Crippen LogP contribution in [0.15, 0.2) is 6.20 Å². The minimum atomic E-state index is 0.304. The zero-order chi connectivity index (χ0) is 10.7. The van der Waals surface area contributed by atoms with E-state index in [9.17, 15) is 0 Å². The highest BCUT2D eigenvalue weighted by molar-refractivity contribution is 5.02. The van der Waals surface area contributed by atoms with Crippen LogP contribution in [-0.4, -0.2) is 27.1 Å². The number of nitrogens with zero attached hydrogens (tertiary/aromatic N) is 2. The number of aromatic amines is 1. The van der Waals surface area contributed by atoms with Crippen molar-refractivity contribution in [3.05, 3.63) is 11.9 Å². The number of hydrogen-bond acceptors (Lipinski definition) is 3. The summed E-state index contributed by atoms with van der Waals surface area (Å²) < 4.78 is 7.25. The fourth-order valence-corrected chi connectivity index (χ4v) is 2.30. The molecule has 2 N–H and O–H groups in total. The molecule has 0 radical (unpaired) electrons. The molecule has 0 aliphatic heterocycles. The molecule has 4 heteroatoms. The van der Waals surface area contributed by atoms with Gasteiger partial charge in [-0.2, -0.15) is 0 Å². The second-order valence-corrected chi connectivity index (χ2v) is 4.09. The monoisotopic (exact) mass is 197 g/mol. The van der Waals surface area contributed by atoms with Gasteiger partial charge in [0.1, 0.15) is 0 Å². The second-order valence-electron chi connectivity index (χ2n) is 4.09. The fourth-order valence-electron chi connectivity index (χ4n) is 2.30. The summed E-state index contributed by atoms with van der Waals surface area (Å²) in [4.78, 5) is 0. The fraction of sp³-hybridized carbons (Fsp3) is 0.800. The topological polar surface area (TPSA) is 61.8 Å². The van der Waals surface area contributed by atoms with Crippen LogP contribution >= 0.6 is 0 Å². The third kappa shape index (κ3) is 2.12. The number of rotatable bonds is 3. The van der Waals surface area contributed by atoms with E-state index in [4.69, 9.17) is 6.52 Å². The van der Waals surface area contributed by atoms with Gasteiger partial charge >= 0.3 is 0 Å². The van der Waals surface area contributed by atoms with Gasteiger partial charge in [0, 0.05) is 18.7 Å². The van der Waals surface area contributed by atoms with E-state index in [2.05, 4.69) is 10.3 Å². The minimum absolute atomic E-state index is 0.304. The molecule has 2 rings (SSSR count). The van der Waals surface area contributed by atoms with Crippen molar-refractivity contribution in [3.63, 3.8) is 0 Å². The molecule has 1 aliphatic carbocycles. The third-order valence-corrected chi connectivity index (χ3v) is 3.20. The van der Waals surface area contributed by atoms with Crippen molar-refractivity contribution in [3.8, 4) is 0 Å². The summed E-state index contributed by atoms with van der Waals surface area (Å²) in [6.45, 7) is 0.304. The van der Waals surface area contributed by atoms with Crippen molar-refractivity contribution < 1.29 is 6.52 Å². The summed E-state index contributed by atoms with van der Waals surface area (Å²) in [5, 5.41) is 17.5. The lowest BCUT2D eigenvalue weighted by Gasteiger charge is -2.26. The van der Waals surface area contributed by atoms with Crippen LogP contribution in [-0.2, 0) is 0 Å².